The molecule has 5 nitrogen and oxygen atoms in total. The van der Waals surface area contributed by atoms with Crippen LogP contribution in [-0.4, -0.2) is 40.1 Å². The molecule has 0 bridgehead atoms. The summed E-state index contributed by atoms with van der Waals surface area (Å²) >= 11 is 1.68. The minimum absolute atomic E-state index is 0.311. The SMILES string of the molecule is c1csc(-c2c[nH]c3nccc(N4CCC5(CCCCN5)C4)c23)n1. The van der Waals surface area contributed by atoms with E-state index in [0.29, 0.717) is 5.54 Å². The van der Waals surface area contributed by atoms with Gasteiger partial charge in [0.15, 0.2) is 0 Å². The van der Waals surface area contributed by atoms with Crippen molar-refractivity contribution in [3.8, 4) is 10.6 Å². The fourth-order valence-electron chi connectivity index (χ4n) is 4.28. The van der Waals surface area contributed by atoms with Gasteiger partial charge in [-0.1, -0.05) is 6.42 Å². The van der Waals surface area contributed by atoms with Crippen molar-refractivity contribution >= 4 is 28.1 Å². The maximum atomic E-state index is 4.53. The van der Waals surface area contributed by atoms with Crippen LogP contribution in [0.25, 0.3) is 21.6 Å². The molecule has 0 amide bonds. The molecular formula is C18H21N5S. The maximum Gasteiger partial charge on any atom is 0.140 e. The Balaban J connectivity index is 1.56. The van der Waals surface area contributed by atoms with E-state index in [2.05, 4.69) is 31.2 Å². The van der Waals surface area contributed by atoms with Crippen LogP contribution in [0.1, 0.15) is 25.7 Å². The van der Waals surface area contributed by atoms with Crippen molar-refractivity contribution in [1.29, 1.82) is 0 Å². The molecule has 1 unspecified atom stereocenters. The fourth-order valence-corrected chi connectivity index (χ4v) is 4.94. The normalized spacial score (nSPS) is 24.2. The molecule has 3 aromatic heterocycles. The van der Waals surface area contributed by atoms with Crippen molar-refractivity contribution in [3.63, 3.8) is 0 Å². The van der Waals surface area contributed by atoms with Crippen LogP contribution in [-0.2, 0) is 0 Å². The Bertz CT molecular complexity index is 848. The number of anilines is 1. The second-order valence-electron chi connectivity index (χ2n) is 6.93. The lowest BCUT2D eigenvalue weighted by Gasteiger charge is -2.35. The van der Waals surface area contributed by atoms with Crippen molar-refractivity contribution in [1.82, 2.24) is 20.3 Å². The summed E-state index contributed by atoms with van der Waals surface area (Å²) in [6.07, 6.45) is 11.0. The van der Waals surface area contributed by atoms with Gasteiger partial charge in [0.1, 0.15) is 10.7 Å². The first-order valence-corrected chi connectivity index (χ1v) is 9.59. The number of pyridine rings is 1. The highest BCUT2D eigenvalue weighted by atomic mass is 32.1. The molecule has 0 aromatic carbocycles. The molecule has 5 heterocycles. The molecule has 0 saturated carbocycles. The number of hydrogen-bond donors (Lipinski definition) is 2. The number of piperidine rings is 1. The topological polar surface area (TPSA) is 56.8 Å². The van der Waals surface area contributed by atoms with Gasteiger partial charge in [-0.3, -0.25) is 0 Å². The van der Waals surface area contributed by atoms with Gasteiger partial charge in [0.05, 0.1) is 11.1 Å². The number of H-pyrrole nitrogens is 1. The minimum Gasteiger partial charge on any atom is -0.369 e. The Morgan fingerprint density at radius 3 is 3.00 bits per heavy atom. The summed E-state index contributed by atoms with van der Waals surface area (Å²) in [5.74, 6) is 0. The van der Waals surface area contributed by atoms with Crippen molar-refractivity contribution in [2.24, 2.45) is 0 Å². The number of rotatable bonds is 2. The van der Waals surface area contributed by atoms with Crippen LogP contribution in [0.2, 0.25) is 0 Å². The van der Waals surface area contributed by atoms with Crippen LogP contribution < -0.4 is 10.2 Å². The molecule has 124 valence electrons. The van der Waals surface area contributed by atoms with E-state index in [1.807, 2.05) is 24.0 Å². The van der Waals surface area contributed by atoms with E-state index in [9.17, 15) is 0 Å². The lowest BCUT2D eigenvalue weighted by molar-refractivity contribution is 0.280. The molecule has 2 N–H and O–H groups in total. The average Bonchev–Trinajstić information content (AvgIpc) is 3.34. The van der Waals surface area contributed by atoms with Crippen molar-refractivity contribution < 1.29 is 0 Å². The smallest absolute Gasteiger partial charge is 0.140 e. The fraction of sp³-hybridized carbons (Fsp3) is 0.444. The molecule has 24 heavy (non-hydrogen) atoms. The van der Waals surface area contributed by atoms with Crippen LogP contribution >= 0.6 is 11.3 Å². The lowest BCUT2D eigenvalue weighted by atomic mass is 9.88. The highest BCUT2D eigenvalue weighted by Crippen LogP contribution is 2.39. The third-order valence-corrected chi connectivity index (χ3v) is 6.30. The summed E-state index contributed by atoms with van der Waals surface area (Å²) in [6.45, 7) is 3.36. The van der Waals surface area contributed by atoms with Gasteiger partial charge in [-0.2, -0.15) is 0 Å². The summed E-state index contributed by atoms with van der Waals surface area (Å²) in [5, 5.41) is 8.10. The number of nitrogens with one attached hydrogen (secondary N) is 2. The Kier molecular flexibility index (Phi) is 3.35. The molecule has 2 aliphatic rings. The Morgan fingerprint density at radius 2 is 2.17 bits per heavy atom. The second kappa shape index (κ2) is 5.57. The highest BCUT2D eigenvalue weighted by molar-refractivity contribution is 7.13. The first kappa shape index (κ1) is 14.4. The monoisotopic (exact) mass is 339 g/mol. The molecule has 2 aliphatic heterocycles. The third kappa shape index (κ3) is 2.24. The van der Waals surface area contributed by atoms with E-state index in [-0.39, 0.29) is 0 Å². The van der Waals surface area contributed by atoms with Crippen molar-refractivity contribution in [2.75, 3.05) is 24.5 Å². The molecule has 0 aliphatic carbocycles. The standard InChI is InChI=1S/C18H21N5S/c1-2-6-22-18(4-1)5-9-23(12-18)14-3-7-19-16-15(14)13(11-21-16)17-20-8-10-24-17/h3,7-8,10-11,22H,1-2,4-6,9,12H2,(H,19,21). The number of thiazole rings is 1. The largest absolute Gasteiger partial charge is 0.369 e. The van der Waals surface area contributed by atoms with E-state index in [4.69, 9.17) is 0 Å². The van der Waals surface area contributed by atoms with E-state index >= 15 is 0 Å². The molecule has 0 radical (unpaired) electrons. The van der Waals surface area contributed by atoms with Crippen LogP contribution in [0.4, 0.5) is 5.69 Å². The van der Waals surface area contributed by atoms with Gasteiger partial charge in [0.2, 0.25) is 0 Å². The molecule has 5 rings (SSSR count). The van der Waals surface area contributed by atoms with Gasteiger partial charge in [-0.05, 0) is 31.9 Å². The number of aromatic nitrogens is 3. The Labute approximate surface area is 145 Å². The zero-order chi connectivity index (χ0) is 16.0. The first-order chi connectivity index (χ1) is 11.8. The predicted molar refractivity (Wildman–Crippen MR) is 98.6 cm³/mol. The van der Waals surface area contributed by atoms with E-state index in [1.165, 1.54) is 42.3 Å². The van der Waals surface area contributed by atoms with Crippen molar-refractivity contribution in [3.05, 3.63) is 30.0 Å². The van der Waals surface area contributed by atoms with Crippen LogP contribution in [0.15, 0.2) is 30.0 Å². The van der Waals surface area contributed by atoms with Gasteiger partial charge < -0.3 is 15.2 Å². The Morgan fingerprint density at radius 1 is 1.17 bits per heavy atom. The van der Waals surface area contributed by atoms with E-state index < -0.39 is 0 Å². The molecule has 1 atom stereocenters. The molecule has 2 saturated heterocycles. The summed E-state index contributed by atoms with van der Waals surface area (Å²) < 4.78 is 0. The van der Waals surface area contributed by atoms with Crippen LogP contribution in [0.3, 0.4) is 0 Å². The number of nitrogens with zero attached hydrogens (tertiary/aromatic N) is 3. The second-order valence-corrected chi connectivity index (χ2v) is 7.82. The number of fused-ring (bicyclic) bond motifs is 1. The van der Waals surface area contributed by atoms with Crippen molar-refractivity contribution in [2.45, 2.75) is 31.2 Å². The maximum absolute atomic E-state index is 4.53. The molecule has 3 aromatic rings. The summed E-state index contributed by atoms with van der Waals surface area (Å²) in [4.78, 5) is 14.9. The highest BCUT2D eigenvalue weighted by Gasteiger charge is 2.39. The summed E-state index contributed by atoms with van der Waals surface area (Å²) in [5.41, 5.74) is 3.72. The molecular weight excluding hydrogens is 318 g/mol. The van der Waals surface area contributed by atoms with Gasteiger partial charge in [0.25, 0.3) is 0 Å². The van der Waals surface area contributed by atoms with Gasteiger partial charge in [-0.15, -0.1) is 11.3 Å². The van der Waals surface area contributed by atoms with E-state index in [0.717, 1.165) is 30.3 Å². The van der Waals surface area contributed by atoms with Gasteiger partial charge in [-0.25, -0.2) is 9.97 Å². The first-order valence-electron chi connectivity index (χ1n) is 8.71. The third-order valence-electron chi connectivity index (χ3n) is 5.49. The molecule has 1 spiro atoms. The predicted octanol–water partition coefficient (Wildman–Crippen LogP) is 3.41. The summed E-state index contributed by atoms with van der Waals surface area (Å²) in [6, 6.07) is 2.16. The molecule has 2 fully saturated rings. The minimum atomic E-state index is 0.311. The number of hydrogen-bond acceptors (Lipinski definition) is 5. The van der Waals surface area contributed by atoms with Gasteiger partial charge in [0, 0.05) is 48.2 Å². The quantitative estimate of drug-likeness (QED) is 0.751. The summed E-state index contributed by atoms with van der Waals surface area (Å²) in [7, 11) is 0. The molecule has 6 heteroatoms. The number of aromatic amines is 1. The Hall–Kier alpha value is -1.92. The average molecular weight is 339 g/mol. The lowest BCUT2D eigenvalue weighted by Crippen LogP contribution is -2.50. The van der Waals surface area contributed by atoms with Crippen LogP contribution in [0.5, 0.6) is 0 Å². The van der Waals surface area contributed by atoms with Gasteiger partial charge >= 0.3 is 0 Å². The zero-order valence-electron chi connectivity index (χ0n) is 13.6. The van der Waals surface area contributed by atoms with Crippen LogP contribution in [0, 0.1) is 0 Å². The van der Waals surface area contributed by atoms with E-state index in [1.54, 1.807) is 11.3 Å². The zero-order valence-corrected chi connectivity index (χ0v) is 14.4.